The van der Waals surface area contributed by atoms with Gasteiger partial charge in [-0.15, -0.1) is 0 Å². The predicted molar refractivity (Wildman–Crippen MR) is 109 cm³/mol. The van der Waals surface area contributed by atoms with E-state index in [1.807, 2.05) is 38.4 Å². The molecule has 0 saturated carbocycles. The highest BCUT2D eigenvalue weighted by Crippen LogP contribution is 2.19. The summed E-state index contributed by atoms with van der Waals surface area (Å²) < 4.78 is 0. The third-order valence-corrected chi connectivity index (χ3v) is 5.45. The van der Waals surface area contributed by atoms with Crippen molar-refractivity contribution in [2.75, 3.05) is 44.2 Å². The number of likely N-dealkylation sites (tertiary alicyclic amines) is 1. The van der Waals surface area contributed by atoms with Crippen molar-refractivity contribution in [2.45, 2.75) is 40.0 Å². The minimum atomic E-state index is 0.671. The van der Waals surface area contributed by atoms with Crippen molar-refractivity contribution >= 4 is 17.4 Å². The first-order valence-electron chi connectivity index (χ1n) is 9.76. The molecule has 0 radical (unpaired) electrons. The smallest absolute Gasteiger partial charge is 0.0927 e. The molecule has 0 spiro atoms. The average Bonchev–Trinajstić information content (AvgIpc) is 2.69. The van der Waals surface area contributed by atoms with Crippen molar-refractivity contribution in [3.05, 3.63) is 24.5 Å². The fourth-order valence-corrected chi connectivity index (χ4v) is 3.53. The standard InChI is InChI=1S/C11H16N4.C9H18N2/c1-10(12)14-6-8-15(9-7-14)11-2-4-13-5-3-11;1-3-9-4-6-11(7-5-9)8(2)10/h2-5,12H,6-9H2,1H3;9-10H,3-7H2,1-2H3. The van der Waals surface area contributed by atoms with E-state index in [0.717, 1.165) is 51.0 Å². The van der Waals surface area contributed by atoms with E-state index in [2.05, 4.69) is 26.6 Å². The van der Waals surface area contributed by atoms with Crippen LogP contribution < -0.4 is 4.90 Å². The van der Waals surface area contributed by atoms with E-state index >= 15 is 0 Å². The zero-order valence-corrected chi connectivity index (χ0v) is 16.5. The van der Waals surface area contributed by atoms with Crippen LogP contribution in [0.4, 0.5) is 5.69 Å². The number of piperazine rings is 1. The second-order valence-corrected chi connectivity index (χ2v) is 7.19. The van der Waals surface area contributed by atoms with Crippen molar-refractivity contribution < 1.29 is 0 Å². The van der Waals surface area contributed by atoms with Crippen LogP contribution in [0.3, 0.4) is 0 Å². The number of pyridine rings is 1. The fourth-order valence-electron chi connectivity index (χ4n) is 3.53. The molecule has 0 aliphatic carbocycles. The molecule has 0 amide bonds. The molecule has 2 N–H and O–H groups in total. The van der Waals surface area contributed by atoms with Gasteiger partial charge in [0, 0.05) is 57.3 Å². The van der Waals surface area contributed by atoms with Gasteiger partial charge in [0.25, 0.3) is 0 Å². The lowest BCUT2D eigenvalue weighted by Crippen LogP contribution is -2.47. The largest absolute Gasteiger partial charge is 0.368 e. The Balaban J connectivity index is 0.000000197. The predicted octanol–water partition coefficient (Wildman–Crippen LogP) is 3.31. The summed E-state index contributed by atoms with van der Waals surface area (Å²) in [5.74, 6) is 2.33. The van der Waals surface area contributed by atoms with Crippen molar-refractivity contribution in [3.63, 3.8) is 0 Å². The molecule has 0 aromatic carbocycles. The van der Waals surface area contributed by atoms with Gasteiger partial charge in [-0.3, -0.25) is 15.8 Å². The maximum absolute atomic E-state index is 7.56. The van der Waals surface area contributed by atoms with E-state index in [0.29, 0.717) is 5.84 Å². The SMILES string of the molecule is CC(=N)N1CCN(c2ccncc2)CC1.CCC1CCN(C(C)=N)CC1. The molecule has 144 valence electrons. The monoisotopic (exact) mass is 358 g/mol. The number of piperidine rings is 1. The highest BCUT2D eigenvalue weighted by atomic mass is 15.3. The van der Waals surface area contributed by atoms with Gasteiger partial charge in [-0.2, -0.15) is 0 Å². The maximum Gasteiger partial charge on any atom is 0.0927 e. The summed E-state index contributed by atoms with van der Waals surface area (Å²) in [6.07, 6.45) is 7.53. The van der Waals surface area contributed by atoms with E-state index in [1.54, 1.807) is 0 Å². The Morgan fingerprint density at radius 1 is 0.923 bits per heavy atom. The molecule has 6 nitrogen and oxygen atoms in total. The van der Waals surface area contributed by atoms with Gasteiger partial charge < -0.3 is 14.7 Å². The molecule has 6 heteroatoms. The summed E-state index contributed by atoms with van der Waals surface area (Å²) in [4.78, 5) is 10.6. The normalized spacial score (nSPS) is 18.2. The number of hydrogen-bond donors (Lipinski definition) is 2. The molecule has 26 heavy (non-hydrogen) atoms. The minimum absolute atomic E-state index is 0.671. The lowest BCUT2D eigenvalue weighted by atomic mass is 9.94. The Morgan fingerprint density at radius 3 is 1.88 bits per heavy atom. The van der Waals surface area contributed by atoms with Gasteiger partial charge in [-0.1, -0.05) is 13.3 Å². The van der Waals surface area contributed by atoms with E-state index in [1.165, 1.54) is 24.9 Å². The molecule has 3 heterocycles. The van der Waals surface area contributed by atoms with Crippen LogP contribution in [0.2, 0.25) is 0 Å². The van der Waals surface area contributed by atoms with Crippen LogP contribution in [0.15, 0.2) is 24.5 Å². The number of nitrogens with one attached hydrogen (secondary N) is 2. The van der Waals surface area contributed by atoms with Gasteiger partial charge >= 0.3 is 0 Å². The third kappa shape index (κ3) is 6.00. The number of nitrogens with zero attached hydrogens (tertiary/aromatic N) is 4. The van der Waals surface area contributed by atoms with Crippen LogP contribution in [-0.4, -0.2) is 65.7 Å². The summed E-state index contributed by atoms with van der Waals surface area (Å²) in [6, 6.07) is 4.07. The van der Waals surface area contributed by atoms with E-state index in [4.69, 9.17) is 10.8 Å². The van der Waals surface area contributed by atoms with Crippen LogP contribution in [-0.2, 0) is 0 Å². The fraction of sp³-hybridized carbons (Fsp3) is 0.650. The number of aromatic nitrogens is 1. The van der Waals surface area contributed by atoms with Gasteiger partial charge in [0.15, 0.2) is 0 Å². The maximum atomic E-state index is 7.56. The Hall–Kier alpha value is -2.11. The first-order chi connectivity index (χ1) is 12.5. The Morgan fingerprint density at radius 2 is 1.42 bits per heavy atom. The highest BCUT2D eigenvalue weighted by molar-refractivity contribution is 5.76. The summed E-state index contributed by atoms with van der Waals surface area (Å²) in [5, 5.41) is 15.0. The third-order valence-electron chi connectivity index (χ3n) is 5.45. The van der Waals surface area contributed by atoms with Crippen LogP contribution in [0.5, 0.6) is 0 Å². The lowest BCUT2D eigenvalue weighted by Gasteiger charge is -2.36. The molecule has 2 aliphatic heterocycles. The molecule has 0 atom stereocenters. The van der Waals surface area contributed by atoms with Gasteiger partial charge in [-0.25, -0.2) is 0 Å². The van der Waals surface area contributed by atoms with Gasteiger partial charge in [-0.05, 0) is 44.7 Å². The molecule has 1 aromatic rings. The van der Waals surface area contributed by atoms with Gasteiger partial charge in [0.2, 0.25) is 0 Å². The molecule has 2 fully saturated rings. The zero-order valence-electron chi connectivity index (χ0n) is 16.5. The van der Waals surface area contributed by atoms with E-state index in [-0.39, 0.29) is 0 Å². The second kappa shape index (κ2) is 10.1. The molecule has 2 aliphatic rings. The van der Waals surface area contributed by atoms with Crippen molar-refractivity contribution in [1.82, 2.24) is 14.8 Å². The topological polar surface area (TPSA) is 70.3 Å². The van der Waals surface area contributed by atoms with Crippen LogP contribution in [0.25, 0.3) is 0 Å². The zero-order chi connectivity index (χ0) is 18.9. The molecule has 3 rings (SSSR count). The summed E-state index contributed by atoms with van der Waals surface area (Å²) in [6.45, 7) is 12.1. The average molecular weight is 359 g/mol. The minimum Gasteiger partial charge on any atom is -0.368 e. The summed E-state index contributed by atoms with van der Waals surface area (Å²) in [7, 11) is 0. The molecular formula is C20H34N6. The van der Waals surface area contributed by atoms with Crippen LogP contribution in [0, 0.1) is 16.7 Å². The molecule has 2 saturated heterocycles. The quantitative estimate of drug-likeness (QED) is 0.628. The molecule has 1 aromatic heterocycles. The van der Waals surface area contributed by atoms with E-state index in [9.17, 15) is 0 Å². The van der Waals surface area contributed by atoms with Crippen molar-refractivity contribution in [2.24, 2.45) is 5.92 Å². The summed E-state index contributed by atoms with van der Waals surface area (Å²) in [5.41, 5.74) is 1.23. The van der Waals surface area contributed by atoms with E-state index < -0.39 is 0 Å². The van der Waals surface area contributed by atoms with Gasteiger partial charge in [0.1, 0.15) is 0 Å². The molecule has 0 bridgehead atoms. The Labute approximate surface area is 158 Å². The number of hydrogen-bond acceptors (Lipinski definition) is 4. The first kappa shape index (κ1) is 20.2. The first-order valence-corrected chi connectivity index (χ1v) is 9.76. The van der Waals surface area contributed by atoms with Crippen LogP contribution in [0.1, 0.15) is 40.0 Å². The van der Waals surface area contributed by atoms with Gasteiger partial charge in [0.05, 0.1) is 11.7 Å². The Kier molecular flexibility index (Phi) is 7.88. The highest BCUT2D eigenvalue weighted by Gasteiger charge is 2.17. The Bertz CT molecular complexity index is 557. The van der Waals surface area contributed by atoms with Crippen LogP contribution >= 0.6 is 0 Å². The number of anilines is 1. The molecule has 0 unspecified atom stereocenters. The van der Waals surface area contributed by atoms with Crippen molar-refractivity contribution in [3.8, 4) is 0 Å². The molecular weight excluding hydrogens is 324 g/mol. The lowest BCUT2D eigenvalue weighted by molar-refractivity contribution is 0.259. The van der Waals surface area contributed by atoms with Crippen molar-refractivity contribution in [1.29, 1.82) is 10.8 Å². The number of amidine groups is 2. The number of rotatable bonds is 2. The summed E-state index contributed by atoms with van der Waals surface area (Å²) >= 11 is 0. The second-order valence-electron chi connectivity index (χ2n) is 7.19.